The Hall–Kier alpha value is -1.29. The van der Waals surface area contributed by atoms with Gasteiger partial charge in [0.1, 0.15) is 13.2 Å². The van der Waals surface area contributed by atoms with Crippen molar-refractivity contribution in [1.29, 1.82) is 0 Å². The molecule has 0 spiro atoms. The molecular formula is C15H26F2O7S. The van der Waals surface area contributed by atoms with E-state index < -0.39 is 40.5 Å². The molecule has 0 aromatic rings. The Labute approximate surface area is 146 Å². The molecule has 0 radical (unpaired) electrons. The minimum atomic E-state index is -5.90. The summed E-state index contributed by atoms with van der Waals surface area (Å²) in [6.45, 7) is 0.947. The van der Waals surface area contributed by atoms with Crippen LogP contribution in [0.1, 0.15) is 64.7 Å². The van der Waals surface area contributed by atoms with E-state index in [4.69, 9.17) is 4.55 Å². The maximum Gasteiger partial charge on any atom is 0.465 e. The molecule has 0 atom stereocenters. The van der Waals surface area contributed by atoms with Gasteiger partial charge in [0, 0.05) is 6.42 Å². The molecule has 25 heavy (non-hydrogen) atoms. The van der Waals surface area contributed by atoms with Crippen molar-refractivity contribution in [2.75, 3.05) is 13.2 Å². The van der Waals surface area contributed by atoms with E-state index >= 15 is 0 Å². The lowest BCUT2D eigenvalue weighted by Crippen LogP contribution is -2.39. The van der Waals surface area contributed by atoms with Gasteiger partial charge in [0.2, 0.25) is 0 Å². The predicted octanol–water partition coefficient (Wildman–Crippen LogP) is 3.08. The van der Waals surface area contributed by atoms with Crippen LogP contribution in [0.5, 0.6) is 0 Å². The van der Waals surface area contributed by atoms with Gasteiger partial charge in [-0.1, -0.05) is 51.9 Å². The highest BCUT2D eigenvalue weighted by Crippen LogP contribution is 2.21. The number of rotatable bonds is 14. The van der Waals surface area contributed by atoms with Crippen LogP contribution in [-0.2, 0) is 29.2 Å². The zero-order valence-corrected chi connectivity index (χ0v) is 15.2. The SMILES string of the molecule is CCCCCCCCCCC(=O)OCCOC(=O)C(F)(F)S(=O)(=O)O. The number of carbonyl (C=O) groups excluding carboxylic acids is 2. The maximum absolute atomic E-state index is 12.8. The van der Waals surface area contributed by atoms with E-state index in [1.165, 1.54) is 25.7 Å². The van der Waals surface area contributed by atoms with Gasteiger partial charge in [0.25, 0.3) is 0 Å². The lowest BCUT2D eigenvalue weighted by atomic mass is 10.1. The molecule has 0 aromatic heterocycles. The van der Waals surface area contributed by atoms with Gasteiger partial charge in [-0.15, -0.1) is 0 Å². The fourth-order valence-electron chi connectivity index (χ4n) is 1.95. The minimum Gasteiger partial charge on any atom is -0.462 e. The van der Waals surface area contributed by atoms with Crippen molar-refractivity contribution in [3.8, 4) is 0 Å². The van der Waals surface area contributed by atoms with E-state index in [9.17, 15) is 26.8 Å². The summed E-state index contributed by atoms with van der Waals surface area (Å²) in [6.07, 6.45) is 8.66. The average molecular weight is 388 g/mol. The van der Waals surface area contributed by atoms with Crippen LogP contribution in [-0.4, -0.2) is 43.4 Å². The highest BCUT2D eigenvalue weighted by Gasteiger charge is 2.54. The second-order valence-electron chi connectivity index (χ2n) is 5.57. The van der Waals surface area contributed by atoms with Crippen LogP contribution in [0.2, 0.25) is 0 Å². The van der Waals surface area contributed by atoms with E-state index in [1.807, 2.05) is 0 Å². The lowest BCUT2D eigenvalue weighted by Gasteiger charge is -2.12. The molecule has 0 rings (SSSR count). The summed E-state index contributed by atoms with van der Waals surface area (Å²) in [5.41, 5.74) is 0. The number of halogens is 2. The van der Waals surface area contributed by atoms with E-state index in [2.05, 4.69) is 16.4 Å². The first kappa shape index (κ1) is 23.7. The third-order valence-electron chi connectivity index (χ3n) is 3.38. The molecule has 0 heterocycles. The number of ether oxygens (including phenoxy) is 2. The average Bonchev–Trinajstić information content (AvgIpc) is 2.52. The second kappa shape index (κ2) is 12.1. The first-order valence-corrected chi connectivity index (χ1v) is 9.74. The zero-order chi connectivity index (χ0) is 19.3. The van der Waals surface area contributed by atoms with Gasteiger partial charge in [-0.05, 0) is 6.42 Å². The van der Waals surface area contributed by atoms with Gasteiger partial charge < -0.3 is 9.47 Å². The third kappa shape index (κ3) is 10.3. The molecule has 0 saturated carbocycles. The van der Waals surface area contributed by atoms with Gasteiger partial charge in [-0.2, -0.15) is 17.2 Å². The molecule has 0 aromatic carbocycles. The van der Waals surface area contributed by atoms with E-state index in [0.717, 1.165) is 19.3 Å². The first-order chi connectivity index (χ1) is 11.6. The Bertz CT molecular complexity index is 506. The van der Waals surface area contributed by atoms with Crippen LogP contribution >= 0.6 is 0 Å². The third-order valence-corrected chi connectivity index (χ3v) is 4.19. The molecule has 10 heteroatoms. The van der Waals surface area contributed by atoms with Crippen LogP contribution in [0.4, 0.5) is 8.78 Å². The fraction of sp³-hybridized carbons (Fsp3) is 0.867. The van der Waals surface area contributed by atoms with Crippen molar-refractivity contribution in [1.82, 2.24) is 0 Å². The molecular weight excluding hydrogens is 362 g/mol. The number of unbranched alkanes of at least 4 members (excludes halogenated alkanes) is 7. The summed E-state index contributed by atoms with van der Waals surface area (Å²) >= 11 is 0. The number of hydrogen-bond donors (Lipinski definition) is 1. The standard InChI is InChI=1S/C15H26F2O7S/c1-2-3-4-5-6-7-8-9-10-13(18)23-11-12-24-14(19)15(16,17)25(20,21)22/h2-12H2,1H3,(H,20,21,22). The second-order valence-corrected chi connectivity index (χ2v) is 7.04. The summed E-state index contributed by atoms with van der Waals surface area (Å²) in [5.74, 6) is -2.97. The Morgan fingerprint density at radius 2 is 1.40 bits per heavy atom. The van der Waals surface area contributed by atoms with Gasteiger partial charge in [-0.3, -0.25) is 9.35 Å². The molecule has 148 valence electrons. The Balaban J connectivity index is 3.70. The summed E-state index contributed by atoms with van der Waals surface area (Å²) in [4.78, 5) is 22.2. The number of hydrogen-bond acceptors (Lipinski definition) is 6. The first-order valence-electron chi connectivity index (χ1n) is 8.30. The van der Waals surface area contributed by atoms with Gasteiger partial charge >= 0.3 is 27.3 Å². The Kier molecular flexibility index (Phi) is 11.5. The van der Waals surface area contributed by atoms with Crippen molar-refractivity contribution >= 4 is 22.1 Å². The molecule has 0 aliphatic rings. The number of esters is 2. The Morgan fingerprint density at radius 3 is 1.92 bits per heavy atom. The summed E-state index contributed by atoms with van der Waals surface area (Å²) in [6, 6.07) is 0. The molecule has 0 unspecified atom stereocenters. The highest BCUT2D eigenvalue weighted by atomic mass is 32.2. The van der Waals surface area contributed by atoms with E-state index in [-0.39, 0.29) is 6.42 Å². The van der Waals surface area contributed by atoms with Crippen LogP contribution in [0, 0.1) is 0 Å². The number of alkyl halides is 2. The highest BCUT2D eigenvalue weighted by molar-refractivity contribution is 7.87. The summed E-state index contributed by atoms with van der Waals surface area (Å²) < 4.78 is 63.1. The maximum atomic E-state index is 12.8. The van der Waals surface area contributed by atoms with Crippen LogP contribution in [0.25, 0.3) is 0 Å². The molecule has 0 aliphatic carbocycles. The van der Waals surface area contributed by atoms with Gasteiger partial charge in [0.15, 0.2) is 0 Å². The van der Waals surface area contributed by atoms with E-state index in [1.54, 1.807) is 0 Å². The number of carbonyl (C=O) groups is 2. The summed E-state index contributed by atoms with van der Waals surface area (Å²) in [7, 11) is -5.90. The van der Waals surface area contributed by atoms with Crippen molar-refractivity contribution in [2.24, 2.45) is 0 Å². The quantitative estimate of drug-likeness (QED) is 0.277. The van der Waals surface area contributed by atoms with Gasteiger partial charge in [-0.25, -0.2) is 4.79 Å². The monoisotopic (exact) mass is 388 g/mol. The van der Waals surface area contributed by atoms with Crippen molar-refractivity contribution in [3.63, 3.8) is 0 Å². The Morgan fingerprint density at radius 1 is 0.920 bits per heavy atom. The summed E-state index contributed by atoms with van der Waals surface area (Å²) in [5, 5.41) is -5.05. The fourth-order valence-corrected chi connectivity index (χ4v) is 2.22. The predicted molar refractivity (Wildman–Crippen MR) is 85.6 cm³/mol. The molecule has 0 saturated heterocycles. The zero-order valence-electron chi connectivity index (χ0n) is 14.3. The molecule has 0 bridgehead atoms. The topological polar surface area (TPSA) is 107 Å². The van der Waals surface area contributed by atoms with Crippen molar-refractivity contribution < 1.29 is 40.8 Å². The smallest absolute Gasteiger partial charge is 0.462 e. The molecule has 1 N–H and O–H groups in total. The molecule has 7 nitrogen and oxygen atoms in total. The normalized spacial score (nSPS) is 12.0. The van der Waals surface area contributed by atoms with Crippen LogP contribution in [0.15, 0.2) is 0 Å². The lowest BCUT2D eigenvalue weighted by molar-refractivity contribution is -0.165. The molecule has 0 amide bonds. The van der Waals surface area contributed by atoms with Crippen LogP contribution in [0.3, 0.4) is 0 Å². The van der Waals surface area contributed by atoms with Crippen molar-refractivity contribution in [2.45, 2.75) is 70.0 Å². The largest absolute Gasteiger partial charge is 0.465 e. The van der Waals surface area contributed by atoms with Crippen LogP contribution < -0.4 is 0 Å². The van der Waals surface area contributed by atoms with Gasteiger partial charge in [0.05, 0.1) is 0 Å². The molecule has 0 aliphatic heterocycles. The van der Waals surface area contributed by atoms with E-state index in [0.29, 0.717) is 6.42 Å². The van der Waals surface area contributed by atoms with Crippen molar-refractivity contribution in [3.05, 3.63) is 0 Å². The minimum absolute atomic E-state index is 0.171. The molecule has 0 fully saturated rings.